The van der Waals surface area contributed by atoms with Crippen molar-refractivity contribution in [2.45, 2.75) is 31.4 Å². The van der Waals surface area contributed by atoms with Gasteiger partial charge in [0.25, 0.3) is 0 Å². The summed E-state index contributed by atoms with van der Waals surface area (Å²) in [5.41, 5.74) is 6.34. The fourth-order valence-corrected chi connectivity index (χ4v) is 2.47. The summed E-state index contributed by atoms with van der Waals surface area (Å²) in [5, 5.41) is 12.2. The number of carboxylic acid groups (broad SMARTS) is 1. The Morgan fingerprint density at radius 2 is 2.38 bits per heavy atom. The van der Waals surface area contributed by atoms with E-state index >= 15 is 0 Å². The SMILES string of the molecule is COc1c(CC(N)C(=O)O)cccc1OC1CCCNC1. The lowest BCUT2D eigenvalue weighted by Crippen LogP contribution is -2.37. The van der Waals surface area contributed by atoms with Crippen molar-refractivity contribution in [1.29, 1.82) is 0 Å². The van der Waals surface area contributed by atoms with Crippen LogP contribution in [0.1, 0.15) is 18.4 Å². The zero-order valence-corrected chi connectivity index (χ0v) is 12.2. The summed E-state index contributed by atoms with van der Waals surface area (Å²) in [5.74, 6) is 0.181. The molecule has 4 N–H and O–H groups in total. The second-order valence-electron chi connectivity index (χ2n) is 5.18. The van der Waals surface area contributed by atoms with Crippen molar-refractivity contribution >= 4 is 5.97 Å². The van der Waals surface area contributed by atoms with E-state index in [1.54, 1.807) is 7.11 Å². The monoisotopic (exact) mass is 294 g/mol. The van der Waals surface area contributed by atoms with Gasteiger partial charge >= 0.3 is 5.97 Å². The van der Waals surface area contributed by atoms with Gasteiger partial charge in [-0.25, -0.2) is 0 Å². The Kier molecular flexibility index (Phi) is 5.41. The summed E-state index contributed by atoms with van der Waals surface area (Å²) < 4.78 is 11.4. The molecular weight excluding hydrogens is 272 g/mol. The third-order valence-corrected chi connectivity index (χ3v) is 3.57. The minimum absolute atomic E-state index is 0.107. The molecule has 1 heterocycles. The number of methoxy groups -OCH3 is 1. The Morgan fingerprint density at radius 3 is 3.00 bits per heavy atom. The first-order chi connectivity index (χ1) is 10.1. The number of para-hydroxylation sites is 1. The van der Waals surface area contributed by atoms with Gasteiger partial charge in [0.2, 0.25) is 0 Å². The molecule has 2 unspecified atom stereocenters. The number of piperidine rings is 1. The predicted molar refractivity (Wildman–Crippen MR) is 78.8 cm³/mol. The van der Waals surface area contributed by atoms with Crippen LogP contribution in [0.5, 0.6) is 11.5 Å². The van der Waals surface area contributed by atoms with Crippen LogP contribution in [0.15, 0.2) is 18.2 Å². The third kappa shape index (κ3) is 4.09. The van der Waals surface area contributed by atoms with Crippen LogP contribution in [0.4, 0.5) is 0 Å². The number of nitrogens with two attached hydrogens (primary N) is 1. The number of hydrogen-bond acceptors (Lipinski definition) is 5. The molecule has 1 aromatic carbocycles. The van der Waals surface area contributed by atoms with E-state index < -0.39 is 12.0 Å². The molecule has 6 heteroatoms. The molecule has 21 heavy (non-hydrogen) atoms. The first kappa shape index (κ1) is 15.6. The van der Waals surface area contributed by atoms with Crippen molar-refractivity contribution in [3.8, 4) is 11.5 Å². The average Bonchev–Trinajstić information content (AvgIpc) is 2.48. The zero-order valence-electron chi connectivity index (χ0n) is 12.2. The Bertz CT molecular complexity index is 487. The molecule has 0 spiro atoms. The first-order valence-corrected chi connectivity index (χ1v) is 7.13. The summed E-state index contributed by atoms with van der Waals surface area (Å²) in [6, 6.07) is 4.53. The minimum Gasteiger partial charge on any atom is -0.493 e. The number of rotatable bonds is 6. The van der Waals surface area contributed by atoms with Gasteiger partial charge in [-0.3, -0.25) is 4.79 Å². The number of carboxylic acids is 1. The van der Waals surface area contributed by atoms with Gasteiger partial charge in [-0.05, 0) is 25.5 Å². The highest BCUT2D eigenvalue weighted by Gasteiger charge is 2.20. The summed E-state index contributed by atoms with van der Waals surface area (Å²) in [6.45, 7) is 1.83. The number of hydrogen-bond donors (Lipinski definition) is 3. The van der Waals surface area contributed by atoms with E-state index in [1.165, 1.54) is 0 Å². The highest BCUT2D eigenvalue weighted by atomic mass is 16.5. The summed E-state index contributed by atoms with van der Waals surface area (Å²) in [6.07, 6.45) is 2.39. The van der Waals surface area contributed by atoms with Crippen LogP contribution in [0, 0.1) is 0 Å². The van der Waals surface area contributed by atoms with Gasteiger partial charge in [-0.15, -0.1) is 0 Å². The van der Waals surface area contributed by atoms with Crippen LogP contribution in [-0.2, 0) is 11.2 Å². The van der Waals surface area contributed by atoms with Crippen LogP contribution >= 0.6 is 0 Å². The van der Waals surface area contributed by atoms with Crippen molar-refractivity contribution in [3.05, 3.63) is 23.8 Å². The van der Waals surface area contributed by atoms with Crippen LogP contribution in [0.2, 0.25) is 0 Å². The molecular formula is C15H22N2O4. The molecule has 0 saturated carbocycles. The Labute approximate surface area is 124 Å². The van der Waals surface area contributed by atoms with Crippen LogP contribution in [0.3, 0.4) is 0 Å². The molecule has 0 aliphatic carbocycles. The molecule has 1 aliphatic rings. The van der Waals surface area contributed by atoms with Crippen molar-refractivity contribution in [3.63, 3.8) is 0 Å². The molecule has 2 rings (SSSR count). The van der Waals surface area contributed by atoms with E-state index in [9.17, 15) is 4.79 Å². The van der Waals surface area contributed by atoms with Gasteiger partial charge in [0.1, 0.15) is 12.1 Å². The zero-order chi connectivity index (χ0) is 15.2. The summed E-state index contributed by atoms with van der Waals surface area (Å²) in [4.78, 5) is 10.9. The fraction of sp³-hybridized carbons (Fsp3) is 0.533. The molecule has 2 atom stereocenters. The molecule has 0 aromatic heterocycles. The molecule has 1 aliphatic heterocycles. The highest BCUT2D eigenvalue weighted by molar-refractivity contribution is 5.73. The number of ether oxygens (including phenoxy) is 2. The molecule has 0 radical (unpaired) electrons. The largest absolute Gasteiger partial charge is 0.493 e. The maximum absolute atomic E-state index is 10.9. The second-order valence-corrected chi connectivity index (χ2v) is 5.18. The Morgan fingerprint density at radius 1 is 1.57 bits per heavy atom. The topological polar surface area (TPSA) is 93.8 Å². The number of benzene rings is 1. The van der Waals surface area contributed by atoms with Crippen molar-refractivity contribution in [2.75, 3.05) is 20.2 Å². The smallest absolute Gasteiger partial charge is 0.320 e. The van der Waals surface area contributed by atoms with Gasteiger partial charge in [-0.1, -0.05) is 12.1 Å². The van der Waals surface area contributed by atoms with Crippen molar-refractivity contribution in [2.24, 2.45) is 5.73 Å². The van der Waals surface area contributed by atoms with E-state index in [-0.39, 0.29) is 12.5 Å². The van der Waals surface area contributed by atoms with Gasteiger partial charge in [-0.2, -0.15) is 0 Å². The van der Waals surface area contributed by atoms with Crippen molar-refractivity contribution < 1.29 is 19.4 Å². The lowest BCUT2D eigenvalue weighted by molar-refractivity contribution is -0.138. The van der Waals surface area contributed by atoms with Crippen LogP contribution < -0.4 is 20.5 Å². The minimum atomic E-state index is -1.03. The summed E-state index contributed by atoms with van der Waals surface area (Å²) >= 11 is 0. The quantitative estimate of drug-likeness (QED) is 0.718. The second kappa shape index (κ2) is 7.28. The maximum Gasteiger partial charge on any atom is 0.320 e. The molecule has 1 fully saturated rings. The first-order valence-electron chi connectivity index (χ1n) is 7.13. The predicted octanol–water partition coefficient (Wildman–Crippen LogP) is 0.780. The lowest BCUT2D eigenvalue weighted by atomic mass is 10.0. The number of nitrogens with one attached hydrogen (secondary N) is 1. The lowest BCUT2D eigenvalue weighted by Gasteiger charge is -2.25. The molecule has 0 amide bonds. The van der Waals surface area contributed by atoms with Crippen LogP contribution in [0.25, 0.3) is 0 Å². The number of aliphatic carboxylic acids is 1. The van der Waals surface area contributed by atoms with E-state index in [2.05, 4.69) is 5.32 Å². The van der Waals surface area contributed by atoms with Crippen molar-refractivity contribution in [1.82, 2.24) is 5.32 Å². The highest BCUT2D eigenvalue weighted by Crippen LogP contribution is 2.33. The normalized spacial score (nSPS) is 19.8. The maximum atomic E-state index is 10.9. The molecule has 6 nitrogen and oxygen atoms in total. The standard InChI is InChI=1S/C15H22N2O4/c1-20-14-10(8-12(16)15(18)19)4-2-6-13(14)21-11-5-3-7-17-9-11/h2,4,6,11-12,17H,3,5,7-9,16H2,1H3,(H,18,19). The molecule has 1 aromatic rings. The van der Waals surface area contributed by atoms with E-state index in [0.29, 0.717) is 11.5 Å². The van der Waals surface area contributed by atoms with E-state index in [1.807, 2.05) is 18.2 Å². The Hall–Kier alpha value is -1.79. The third-order valence-electron chi connectivity index (χ3n) is 3.57. The van der Waals surface area contributed by atoms with Gasteiger partial charge in [0.15, 0.2) is 11.5 Å². The van der Waals surface area contributed by atoms with Gasteiger partial charge < -0.3 is 25.6 Å². The van der Waals surface area contributed by atoms with Gasteiger partial charge in [0.05, 0.1) is 7.11 Å². The van der Waals surface area contributed by atoms with E-state index in [0.717, 1.165) is 31.5 Å². The fourth-order valence-electron chi connectivity index (χ4n) is 2.47. The van der Waals surface area contributed by atoms with E-state index in [4.69, 9.17) is 20.3 Å². The Balaban J connectivity index is 2.15. The van der Waals surface area contributed by atoms with Crippen LogP contribution in [-0.4, -0.2) is 43.4 Å². The molecule has 0 bridgehead atoms. The van der Waals surface area contributed by atoms with Gasteiger partial charge in [0, 0.05) is 18.5 Å². The molecule has 116 valence electrons. The summed E-state index contributed by atoms with van der Waals surface area (Å²) in [7, 11) is 1.55. The number of carbonyl (C=O) groups is 1. The average molecular weight is 294 g/mol. The molecule has 1 saturated heterocycles.